The van der Waals surface area contributed by atoms with Crippen LogP contribution >= 0.6 is 0 Å². The molecule has 13 heavy (non-hydrogen) atoms. The lowest BCUT2D eigenvalue weighted by molar-refractivity contribution is 0.970. The molecule has 1 aromatic rings. The van der Waals surface area contributed by atoms with Gasteiger partial charge in [0.2, 0.25) is 0 Å². The minimum atomic E-state index is 0.0266. The molecule has 1 heteroatoms. The number of hydrogen-bond donors (Lipinski definition) is 0. The maximum Gasteiger partial charge on any atom is 0.0700 e. The van der Waals surface area contributed by atoms with Gasteiger partial charge in [-0.05, 0) is 36.8 Å². The molecule has 2 rings (SSSR count). The molecule has 1 aliphatic rings. The van der Waals surface area contributed by atoms with E-state index >= 15 is 0 Å². The van der Waals surface area contributed by atoms with Crippen molar-refractivity contribution in [3.8, 4) is 6.07 Å². The Hall–Kier alpha value is -1.29. The summed E-state index contributed by atoms with van der Waals surface area (Å²) in [5, 5.41) is 8.78. The van der Waals surface area contributed by atoms with E-state index in [4.69, 9.17) is 5.26 Å². The van der Waals surface area contributed by atoms with Crippen LogP contribution in [0.25, 0.3) is 0 Å². The van der Waals surface area contributed by atoms with Crippen LogP contribution in [0.4, 0.5) is 0 Å². The Labute approximate surface area is 79.0 Å². The second-order valence-electron chi connectivity index (χ2n) is 3.80. The predicted octanol–water partition coefficient (Wildman–Crippen LogP) is 3.19. The van der Waals surface area contributed by atoms with Gasteiger partial charge in [0.25, 0.3) is 0 Å². The molecular formula is C12H13N. The molecule has 0 heterocycles. The molecule has 1 aromatic carbocycles. The smallest absolute Gasteiger partial charge is 0.0700 e. The minimum absolute atomic E-state index is 0.0266. The Kier molecular flexibility index (Phi) is 2.06. The monoisotopic (exact) mass is 171 g/mol. The van der Waals surface area contributed by atoms with Gasteiger partial charge >= 0.3 is 0 Å². The SMILES string of the molecule is CC(C#N)c1cccc(C2CC2)c1. The highest BCUT2D eigenvalue weighted by Gasteiger charge is 2.23. The molecule has 0 spiro atoms. The van der Waals surface area contributed by atoms with Gasteiger partial charge in [0.05, 0.1) is 12.0 Å². The van der Waals surface area contributed by atoms with Gasteiger partial charge in [-0.2, -0.15) is 5.26 Å². The van der Waals surface area contributed by atoms with Crippen molar-refractivity contribution in [2.24, 2.45) is 0 Å². The van der Waals surface area contributed by atoms with E-state index in [1.807, 2.05) is 13.0 Å². The molecule has 1 unspecified atom stereocenters. The third kappa shape index (κ3) is 1.72. The maximum absolute atomic E-state index is 8.78. The van der Waals surface area contributed by atoms with Crippen molar-refractivity contribution >= 4 is 0 Å². The van der Waals surface area contributed by atoms with Gasteiger partial charge in [0, 0.05) is 0 Å². The van der Waals surface area contributed by atoms with Gasteiger partial charge in [0.15, 0.2) is 0 Å². The fourth-order valence-electron chi connectivity index (χ4n) is 1.57. The van der Waals surface area contributed by atoms with Gasteiger partial charge < -0.3 is 0 Å². The fourth-order valence-corrected chi connectivity index (χ4v) is 1.57. The van der Waals surface area contributed by atoms with Crippen LogP contribution in [-0.2, 0) is 0 Å². The van der Waals surface area contributed by atoms with E-state index in [0.29, 0.717) is 0 Å². The summed E-state index contributed by atoms with van der Waals surface area (Å²) in [7, 11) is 0. The Balaban J connectivity index is 2.27. The Morgan fingerprint density at radius 2 is 2.23 bits per heavy atom. The molecule has 0 N–H and O–H groups in total. The van der Waals surface area contributed by atoms with E-state index in [-0.39, 0.29) is 5.92 Å². The molecule has 1 aliphatic carbocycles. The Morgan fingerprint density at radius 3 is 2.85 bits per heavy atom. The second kappa shape index (κ2) is 3.22. The van der Waals surface area contributed by atoms with Gasteiger partial charge in [-0.3, -0.25) is 0 Å². The predicted molar refractivity (Wildman–Crippen MR) is 52.4 cm³/mol. The standard InChI is InChI=1S/C12H13N/c1-9(8-13)11-3-2-4-12(7-11)10-5-6-10/h2-4,7,9-10H,5-6H2,1H3. The summed E-state index contributed by atoms with van der Waals surface area (Å²) in [6, 6.07) is 10.7. The van der Waals surface area contributed by atoms with Crippen molar-refractivity contribution in [3.63, 3.8) is 0 Å². The highest BCUT2D eigenvalue weighted by atomic mass is 14.3. The topological polar surface area (TPSA) is 23.8 Å². The third-order valence-electron chi connectivity index (χ3n) is 2.65. The Bertz CT molecular complexity index is 344. The normalized spacial score (nSPS) is 17.8. The molecule has 0 radical (unpaired) electrons. The number of benzene rings is 1. The number of rotatable bonds is 2. The molecule has 0 aliphatic heterocycles. The van der Waals surface area contributed by atoms with Crippen LogP contribution in [0, 0.1) is 11.3 Å². The average Bonchev–Trinajstić information content (AvgIpc) is 3.00. The second-order valence-corrected chi connectivity index (χ2v) is 3.80. The van der Waals surface area contributed by atoms with Crippen molar-refractivity contribution in [1.82, 2.24) is 0 Å². The van der Waals surface area contributed by atoms with Gasteiger partial charge in [0.1, 0.15) is 0 Å². The molecule has 0 bridgehead atoms. The zero-order valence-corrected chi connectivity index (χ0v) is 7.83. The van der Waals surface area contributed by atoms with Gasteiger partial charge in [-0.15, -0.1) is 0 Å². The first-order chi connectivity index (χ1) is 6.31. The van der Waals surface area contributed by atoms with E-state index < -0.39 is 0 Å². The lowest BCUT2D eigenvalue weighted by Gasteiger charge is -2.04. The molecule has 0 amide bonds. The van der Waals surface area contributed by atoms with Crippen LogP contribution in [0.5, 0.6) is 0 Å². The molecule has 0 saturated heterocycles. The zero-order chi connectivity index (χ0) is 9.26. The van der Waals surface area contributed by atoms with Crippen molar-refractivity contribution < 1.29 is 0 Å². The first kappa shape index (κ1) is 8.31. The summed E-state index contributed by atoms with van der Waals surface area (Å²) in [4.78, 5) is 0. The summed E-state index contributed by atoms with van der Waals surface area (Å²) >= 11 is 0. The lowest BCUT2D eigenvalue weighted by Crippen LogP contribution is -1.90. The fraction of sp³-hybridized carbons (Fsp3) is 0.417. The molecule has 1 fully saturated rings. The van der Waals surface area contributed by atoms with E-state index in [1.165, 1.54) is 18.4 Å². The molecule has 66 valence electrons. The average molecular weight is 171 g/mol. The van der Waals surface area contributed by atoms with Gasteiger partial charge in [-0.25, -0.2) is 0 Å². The summed E-state index contributed by atoms with van der Waals surface area (Å²) in [6.07, 6.45) is 2.65. The zero-order valence-electron chi connectivity index (χ0n) is 7.83. The van der Waals surface area contributed by atoms with Crippen LogP contribution < -0.4 is 0 Å². The summed E-state index contributed by atoms with van der Waals surface area (Å²) in [5.74, 6) is 0.810. The first-order valence-electron chi connectivity index (χ1n) is 4.80. The molecule has 1 atom stereocenters. The molecular weight excluding hydrogens is 158 g/mol. The van der Waals surface area contributed by atoms with Crippen molar-refractivity contribution in [3.05, 3.63) is 35.4 Å². The minimum Gasteiger partial charge on any atom is -0.198 e. The third-order valence-corrected chi connectivity index (χ3v) is 2.65. The van der Waals surface area contributed by atoms with E-state index in [0.717, 1.165) is 11.5 Å². The quantitative estimate of drug-likeness (QED) is 0.670. The lowest BCUT2D eigenvalue weighted by atomic mass is 9.99. The molecule has 1 nitrogen and oxygen atoms in total. The van der Waals surface area contributed by atoms with Crippen LogP contribution in [0.2, 0.25) is 0 Å². The highest BCUT2D eigenvalue weighted by Crippen LogP contribution is 2.40. The molecule has 0 aromatic heterocycles. The van der Waals surface area contributed by atoms with Crippen molar-refractivity contribution in [2.45, 2.75) is 31.6 Å². The van der Waals surface area contributed by atoms with Crippen LogP contribution in [-0.4, -0.2) is 0 Å². The highest BCUT2D eigenvalue weighted by molar-refractivity contribution is 5.32. The van der Waals surface area contributed by atoms with Crippen LogP contribution in [0.1, 0.15) is 42.7 Å². The van der Waals surface area contributed by atoms with Gasteiger partial charge in [-0.1, -0.05) is 24.3 Å². The number of hydrogen-bond acceptors (Lipinski definition) is 1. The number of nitrogens with zero attached hydrogens (tertiary/aromatic N) is 1. The van der Waals surface area contributed by atoms with Crippen LogP contribution in [0.3, 0.4) is 0 Å². The van der Waals surface area contributed by atoms with E-state index in [9.17, 15) is 0 Å². The van der Waals surface area contributed by atoms with Crippen LogP contribution in [0.15, 0.2) is 24.3 Å². The first-order valence-corrected chi connectivity index (χ1v) is 4.80. The number of nitriles is 1. The Morgan fingerprint density at radius 1 is 1.46 bits per heavy atom. The summed E-state index contributed by atoms with van der Waals surface area (Å²) < 4.78 is 0. The van der Waals surface area contributed by atoms with E-state index in [2.05, 4.69) is 24.3 Å². The maximum atomic E-state index is 8.78. The van der Waals surface area contributed by atoms with E-state index in [1.54, 1.807) is 0 Å². The largest absolute Gasteiger partial charge is 0.198 e. The summed E-state index contributed by atoms with van der Waals surface area (Å²) in [5.41, 5.74) is 2.58. The summed E-state index contributed by atoms with van der Waals surface area (Å²) in [6.45, 7) is 1.95. The van der Waals surface area contributed by atoms with Crippen molar-refractivity contribution in [1.29, 1.82) is 5.26 Å². The molecule has 1 saturated carbocycles. The van der Waals surface area contributed by atoms with Crippen molar-refractivity contribution in [2.75, 3.05) is 0 Å².